The molecule has 0 aromatic carbocycles. The van der Waals surface area contributed by atoms with E-state index < -0.39 is 0 Å². The summed E-state index contributed by atoms with van der Waals surface area (Å²) in [5.41, 5.74) is 1.99. The molecular formula is C24H32N8O2. The van der Waals surface area contributed by atoms with Crippen LogP contribution in [0.3, 0.4) is 0 Å². The van der Waals surface area contributed by atoms with Crippen LogP contribution >= 0.6 is 0 Å². The van der Waals surface area contributed by atoms with Crippen molar-refractivity contribution in [2.45, 2.75) is 58.8 Å². The summed E-state index contributed by atoms with van der Waals surface area (Å²) in [4.78, 5) is 38.7. The van der Waals surface area contributed by atoms with Gasteiger partial charge in [-0.2, -0.15) is 10.2 Å². The van der Waals surface area contributed by atoms with Gasteiger partial charge in [-0.1, -0.05) is 0 Å². The third kappa shape index (κ3) is 3.90. The number of hydrogen-bond donors (Lipinski definition) is 0. The van der Waals surface area contributed by atoms with Gasteiger partial charge in [-0.3, -0.25) is 14.3 Å². The Hall–Kier alpha value is -3.45. The zero-order chi connectivity index (χ0) is 24.7. The fraction of sp³-hybridized carbons (Fsp3) is 0.542. The van der Waals surface area contributed by atoms with Gasteiger partial charge in [-0.15, -0.1) is 0 Å². The predicted octanol–water partition coefficient (Wildman–Crippen LogP) is 1.57. The summed E-state index contributed by atoms with van der Waals surface area (Å²) in [7, 11) is 3.45. The second kappa shape index (κ2) is 9.06. The predicted molar refractivity (Wildman–Crippen MR) is 131 cm³/mol. The molecule has 1 unspecified atom stereocenters. The molecule has 3 aromatic heterocycles. The van der Waals surface area contributed by atoms with Crippen LogP contribution in [0.15, 0.2) is 27.9 Å². The molecule has 0 radical (unpaired) electrons. The Kier molecular flexibility index (Phi) is 6.32. The van der Waals surface area contributed by atoms with Crippen molar-refractivity contribution in [1.82, 2.24) is 28.6 Å². The molecule has 3 aromatic rings. The third-order valence-corrected chi connectivity index (χ3v) is 7.01. The van der Waals surface area contributed by atoms with Crippen LogP contribution in [0.2, 0.25) is 0 Å². The molecule has 0 spiro atoms. The van der Waals surface area contributed by atoms with Crippen molar-refractivity contribution < 1.29 is 0 Å². The molecule has 0 N–H and O–H groups in total. The van der Waals surface area contributed by atoms with E-state index in [1.54, 1.807) is 24.7 Å². The Morgan fingerprint density at radius 1 is 1.18 bits per heavy atom. The maximum Gasteiger partial charge on any atom is 0.350 e. The Balaban J connectivity index is 1.72. The van der Waals surface area contributed by atoms with E-state index in [1.165, 1.54) is 4.57 Å². The van der Waals surface area contributed by atoms with Crippen LogP contribution in [0.1, 0.15) is 45.1 Å². The number of pyridine rings is 1. The number of fused-ring (bicyclic) bond motifs is 1. The SMILES string of the molecule is CCn1c(CC#N)nc2c(N3C[C@@H](C)N(C(C)c4ccn(C)c(=O)c4)C[C@@H]3C)nc(=O)n(C)c21. The lowest BCUT2D eigenvalue weighted by molar-refractivity contribution is 0.119. The van der Waals surface area contributed by atoms with Crippen LogP contribution in [-0.2, 0) is 27.1 Å². The minimum atomic E-state index is -0.337. The van der Waals surface area contributed by atoms with Gasteiger partial charge in [0, 0.05) is 64.1 Å². The van der Waals surface area contributed by atoms with Gasteiger partial charge >= 0.3 is 5.69 Å². The molecule has 0 bridgehead atoms. The molecule has 4 heterocycles. The molecule has 1 saturated heterocycles. The van der Waals surface area contributed by atoms with E-state index in [0.29, 0.717) is 35.9 Å². The van der Waals surface area contributed by atoms with E-state index in [1.807, 2.05) is 23.8 Å². The van der Waals surface area contributed by atoms with Crippen LogP contribution in [0.25, 0.3) is 11.2 Å². The maximum atomic E-state index is 12.8. The standard InChI is InChI=1S/C24H32N8O2/c1-7-30-19(8-10-25)26-21-22(27-24(34)29(6)23(21)30)32-14-15(2)31(13-16(32)3)17(4)18-9-11-28(5)20(33)12-18/h9,11-12,15-17H,7-8,13-14H2,1-6H3/t15-,16+,17?/m1/s1. The van der Waals surface area contributed by atoms with Crippen LogP contribution in [0, 0.1) is 11.3 Å². The fourth-order valence-corrected chi connectivity index (χ4v) is 5.03. The summed E-state index contributed by atoms with van der Waals surface area (Å²) >= 11 is 0. The molecule has 0 aliphatic carbocycles. The molecule has 34 heavy (non-hydrogen) atoms. The molecule has 3 atom stereocenters. The summed E-state index contributed by atoms with van der Waals surface area (Å²) in [5.74, 6) is 1.22. The number of piperazine rings is 1. The van der Waals surface area contributed by atoms with Crippen molar-refractivity contribution in [3.05, 3.63) is 50.6 Å². The van der Waals surface area contributed by atoms with E-state index in [9.17, 15) is 14.9 Å². The van der Waals surface area contributed by atoms with Crippen molar-refractivity contribution in [3.63, 3.8) is 0 Å². The van der Waals surface area contributed by atoms with Gasteiger partial charge in [0.1, 0.15) is 17.0 Å². The lowest BCUT2D eigenvalue weighted by atomic mass is 10.0. The number of imidazole rings is 1. The number of aromatic nitrogens is 5. The molecule has 1 fully saturated rings. The molecular weight excluding hydrogens is 432 g/mol. The van der Waals surface area contributed by atoms with Crippen LogP contribution in [-0.4, -0.2) is 53.7 Å². The topological polar surface area (TPSA) is 105 Å². The van der Waals surface area contributed by atoms with E-state index in [-0.39, 0.29) is 35.8 Å². The highest BCUT2D eigenvalue weighted by Gasteiger charge is 2.35. The first kappa shape index (κ1) is 23.7. The summed E-state index contributed by atoms with van der Waals surface area (Å²) in [6.07, 6.45) is 1.98. The number of aryl methyl sites for hydroxylation is 3. The Labute approximate surface area is 198 Å². The van der Waals surface area contributed by atoms with Crippen LogP contribution < -0.4 is 16.1 Å². The number of rotatable bonds is 5. The van der Waals surface area contributed by atoms with Gasteiger partial charge in [0.25, 0.3) is 5.56 Å². The molecule has 1 aliphatic heterocycles. The van der Waals surface area contributed by atoms with Gasteiger partial charge in [0.2, 0.25) is 0 Å². The highest BCUT2D eigenvalue weighted by Crippen LogP contribution is 2.31. The number of hydrogen-bond acceptors (Lipinski definition) is 7. The van der Waals surface area contributed by atoms with Crippen molar-refractivity contribution in [3.8, 4) is 6.07 Å². The normalized spacial score (nSPS) is 20.0. The van der Waals surface area contributed by atoms with E-state index in [0.717, 1.165) is 12.1 Å². The highest BCUT2D eigenvalue weighted by atomic mass is 16.1. The average molecular weight is 465 g/mol. The molecule has 0 amide bonds. The smallest absolute Gasteiger partial charge is 0.349 e. The first-order chi connectivity index (χ1) is 16.2. The van der Waals surface area contributed by atoms with Gasteiger partial charge in [0.15, 0.2) is 5.82 Å². The van der Waals surface area contributed by atoms with Gasteiger partial charge in [-0.05, 0) is 39.3 Å². The van der Waals surface area contributed by atoms with Crippen molar-refractivity contribution >= 4 is 17.0 Å². The second-order valence-corrected chi connectivity index (χ2v) is 9.19. The second-order valence-electron chi connectivity index (χ2n) is 9.19. The Bertz CT molecular complexity index is 1380. The highest BCUT2D eigenvalue weighted by molar-refractivity contribution is 5.84. The minimum absolute atomic E-state index is 0.0184. The van der Waals surface area contributed by atoms with Crippen molar-refractivity contribution in [1.29, 1.82) is 5.26 Å². The largest absolute Gasteiger partial charge is 0.350 e. The minimum Gasteiger partial charge on any atom is -0.349 e. The lowest BCUT2D eigenvalue weighted by Gasteiger charge is -2.47. The first-order valence-corrected chi connectivity index (χ1v) is 11.7. The average Bonchev–Trinajstić information content (AvgIpc) is 3.17. The zero-order valence-electron chi connectivity index (χ0n) is 20.7. The number of anilines is 1. The van der Waals surface area contributed by atoms with Gasteiger partial charge in [-0.25, -0.2) is 9.78 Å². The van der Waals surface area contributed by atoms with Crippen LogP contribution in [0.4, 0.5) is 5.82 Å². The molecule has 180 valence electrons. The lowest BCUT2D eigenvalue weighted by Crippen LogP contribution is -2.57. The Morgan fingerprint density at radius 2 is 1.91 bits per heavy atom. The zero-order valence-corrected chi connectivity index (χ0v) is 20.7. The van der Waals surface area contributed by atoms with E-state index in [2.05, 4.69) is 41.6 Å². The maximum absolute atomic E-state index is 12.8. The van der Waals surface area contributed by atoms with Gasteiger partial charge in [0.05, 0.1) is 12.5 Å². The van der Waals surface area contributed by atoms with Crippen LogP contribution in [0.5, 0.6) is 0 Å². The summed E-state index contributed by atoms with van der Waals surface area (Å²) < 4.78 is 5.01. The van der Waals surface area contributed by atoms with Crippen molar-refractivity contribution in [2.24, 2.45) is 14.1 Å². The number of nitrogens with zero attached hydrogens (tertiary/aromatic N) is 8. The Morgan fingerprint density at radius 3 is 2.56 bits per heavy atom. The van der Waals surface area contributed by atoms with Crippen molar-refractivity contribution in [2.75, 3.05) is 18.0 Å². The monoisotopic (exact) mass is 464 g/mol. The molecule has 1 aliphatic rings. The molecule has 0 saturated carbocycles. The molecule has 10 nitrogen and oxygen atoms in total. The molecule has 4 rings (SSSR count). The number of nitriles is 1. The summed E-state index contributed by atoms with van der Waals surface area (Å²) in [6.45, 7) is 10.4. The van der Waals surface area contributed by atoms with E-state index in [4.69, 9.17) is 4.98 Å². The summed E-state index contributed by atoms with van der Waals surface area (Å²) in [6, 6.07) is 6.17. The summed E-state index contributed by atoms with van der Waals surface area (Å²) in [5, 5.41) is 9.27. The third-order valence-electron chi connectivity index (χ3n) is 7.01. The first-order valence-electron chi connectivity index (χ1n) is 11.7. The molecule has 10 heteroatoms. The fourth-order valence-electron chi connectivity index (χ4n) is 5.03. The quantitative estimate of drug-likeness (QED) is 0.564. The van der Waals surface area contributed by atoms with Gasteiger partial charge < -0.3 is 14.0 Å². The van der Waals surface area contributed by atoms with E-state index >= 15 is 0 Å².